The number of aryl methyl sites for hydroxylation is 1. The van der Waals surface area contributed by atoms with Crippen LogP contribution in [0.2, 0.25) is 0 Å². The van der Waals surface area contributed by atoms with Gasteiger partial charge in [-0.1, -0.05) is 24.3 Å². The van der Waals surface area contributed by atoms with Crippen molar-refractivity contribution in [3.8, 4) is 0 Å². The van der Waals surface area contributed by atoms with E-state index < -0.39 is 5.54 Å². The molecule has 3 nitrogen and oxygen atoms in total. The van der Waals surface area contributed by atoms with Crippen molar-refractivity contribution in [2.75, 3.05) is 0 Å². The van der Waals surface area contributed by atoms with Gasteiger partial charge < -0.3 is 11.1 Å². The maximum Gasteiger partial charge on any atom is 0.237 e. The Balaban J connectivity index is 1.95. The molecule has 1 aliphatic carbocycles. The summed E-state index contributed by atoms with van der Waals surface area (Å²) in [5.41, 5.74) is 7.88. The van der Waals surface area contributed by atoms with Crippen LogP contribution in [-0.4, -0.2) is 22.7 Å². The molecule has 0 bridgehead atoms. The van der Waals surface area contributed by atoms with Gasteiger partial charge in [0, 0.05) is 17.0 Å². The summed E-state index contributed by atoms with van der Waals surface area (Å²) in [4.78, 5) is 11.9. The van der Waals surface area contributed by atoms with Crippen LogP contribution in [-0.2, 0) is 10.5 Å². The van der Waals surface area contributed by atoms with Crippen LogP contribution >= 0.6 is 11.8 Å². The monoisotopic (exact) mass is 306 g/mol. The van der Waals surface area contributed by atoms with Crippen LogP contribution in [0.3, 0.4) is 0 Å². The average molecular weight is 306 g/mol. The quantitative estimate of drug-likeness (QED) is 0.849. The molecular weight excluding hydrogens is 280 g/mol. The van der Waals surface area contributed by atoms with Crippen LogP contribution in [0, 0.1) is 6.92 Å². The molecule has 2 atom stereocenters. The van der Waals surface area contributed by atoms with Crippen molar-refractivity contribution in [2.24, 2.45) is 5.73 Å². The third kappa shape index (κ3) is 4.01. The predicted molar refractivity (Wildman–Crippen MR) is 90.3 cm³/mol. The van der Waals surface area contributed by atoms with Crippen LogP contribution in [0.4, 0.5) is 0 Å². The lowest BCUT2D eigenvalue weighted by Gasteiger charge is -2.29. The molecule has 0 radical (unpaired) electrons. The van der Waals surface area contributed by atoms with Gasteiger partial charge in [-0.2, -0.15) is 11.8 Å². The van der Waals surface area contributed by atoms with Crippen molar-refractivity contribution in [3.05, 3.63) is 35.4 Å². The minimum Gasteiger partial charge on any atom is -0.368 e. The zero-order valence-electron chi connectivity index (χ0n) is 13.2. The van der Waals surface area contributed by atoms with Gasteiger partial charge in [0.15, 0.2) is 0 Å². The fourth-order valence-electron chi connectivity index (χ4n) is 3.10. The zero-order chi connectivity index (χ0) is 15.5. The second-order valence-corrected chi connectivity index (χ2v) is 7.64. The lowest BCUT2D eigenvalue weighted by Crippen LogP contribution is -2.56. The molecule has 2 rings (SSSR count). The molecular formula is C17H26N2OS. The number of amides is 1. The van der Waals surface area contributed by atoms with Crippen molar-refractivity contribution in [1.82, 2.24) is 5.32 Å². The lowest BCUT2D eigenvalue weighted by atomic mass is 9.96. The summed E-state index contributed by atoms with van der Waals surface area (Å²) >= 11 is 1.95. The van der Waals surface area contributed by atoms with Gasteiger partial charge in [0.2, 0.25) is 5.91 Å². The third-order valence-corrected chi connectivity index (χ3v) is 5.59. The lowest BCUT2D eigenvalue weighted by molar-refractivity contribution is -0.124. The van der Waals surface area contributed by atoms with Gasteiger partial charge in [-0.15, -0.1) is 0 Å². The van der Waals surface area contributed by atoms with Gasteiger partial charge in [-0.3, -0.25) is 4.79 Å². The Kier molecular flexibility index (Phi) is 5.33. The first-order valence-corrected chi connectivity index (χ1v) is 8.71. The molecule has 21 heavy (non-hydrogen) atoms. The normalized spacial score (nSPS) is 25.4. The number of carbonyl (C=O) groups is 1. The molecule has 1 aromatic rings. The first kappa shape index (κ1) is 16.4. The van der Waals surface area contributed by atoms with E-state index in [1.807, 2.05) is 11.8 Å². The van der Waals surface area contributed by atoms with Crippen LogP contribution in [0.25, 0.3) is 0 Å². The highest BCUT2D eigenvalue weighted by molar-refractivity contribution is 7.99. The SMILES string of the molecule is Cc1ccccc1CSC1CCC(NC(C)C)(C(N)=O)C1. The third-order valence-electron chi connectivity index (χ3n) is 4.24. The number of carbonyl (C=O) groups excluding carboxylic acids is 1. The van der Waals surface area contributed by atoms with E-state index in [4.69, 9.17) is 5.73 Å². The average Bonchev–Trinajstić information content (AvgIpc) is 2.82. The summed E-state index contributed by atoms with van der Waals surface area (Å²) in [6, 6.07) is 8.77. The van der Waals surface area contributed by atoms with Crippen LogP contribution in [0.15, 0.2) is 24.3 Å². The number of thioether (sulfide) groups is 1. The molecule has 0 spiro atoms. The molecule has 0 aliphatic heterocycles. The van der Waals surface area contributed by atoms with E-state index in [1.54, 1.807) is 0 Å². The van der Waals surface area contributed by atoms with Crippen molar-refractivity contribution >= 4 is 17.7 Å². The number of hydrogen-bond acceptors (Lipinski definition) is 3. The second-order valence-electron chi connectivity index (χ2n) is 6.35. The van der Waals surface area contributed by atoms with E-state index in [0.29, 0.717) is 5.25 Å². The summed E-state index contributed by atoms with van der Waals surface area (Å²) < 4.78 is 0. The van der Waals surface area contributed by atoms with Crippen molar-refractivity contribution < 1.29 is 4.79 Å². The van der Waals surface area contributed by atoms with Crippen LogP contribution in [0.1, 0.15) is 44.2 Å². The summed E-state index contributed by atoms with van der Waals surface area (Å²) in [5, 5.41) is 3.91. The molecule has 0 heterocycles. The maximum absolute atomic E-state index is 11.9. The van der Waals surface area contributed by atoms with E-state index in [2.05, 4.69) is 50.4 Å². The largest absolute Gasteiger partial charge is 0.368 e. The van der Waals surface area contributed by atoms with E-state index >= 15 is 0 Å². The topological polar surface area (TPSA) is 55.1 Å². The Labute approximate surface area is 132 Å². The Morgan fingerprint density at radius 1 is 1.48 bits per heavy atom. The van der Waals surface area contributed by atoms with E-state index in [-0.39, 0.29) is 11.9 Å². The zero-order valence-corrected chi connectivity index (χ0v) is 14.0. The highest BCUT2D eigenvalue weighted by Crippen LogP contribution is 2.38. The number of nitrogens with two attached hydrogens (primary N) is 1. The van der Waals surface area contributed by atoms with Crippen molar-refractivity contribution in [3.63, 3.8) is 0 Å². The second kappa shape index (κ2) is 6.84. The minimum absolute atomic E-state index is 0.199. The summed E-state index contributed by atoms with van der Waals surface area (Å²) in [6.07, 6.45) is 2.75. The summed E-state index contributed by atoms with van der Waals surface area (Å²) in [5.74, 6) is 0.809. The van der Waals surface area contributed by atoms with Crippen molar-refractivity contribution in [2.45, 2.75) is 62.6 Å². The summed E-state index contributed by atoms with van der Waals surface area (Å²) in [6.45, 7) is 6.29. The van der Waals surface area contributed by atoms with Crippen LogP contribution < -0.4 is 11.1 Å². The van der Waals surface area contributed by atoms with Crippen molar-refractivity contribution in [1.29, 1.82) is 0 Å². The molecule has 116 valence electrons. The molecule has 0 aromatic heterocycles. The van der Waals surface area contributed by atoms with Crippen LogP contribution in [0.5, 0.6) is 0 Å². The van der Waals surface area contributed by atoms with Gasteiger partial charge >= 0.3 is 0 Å². The van der Waals surface area contributed by atoms with Gasteiger partial charge in [-0.05, 0) is 51.2 Å². The number of nitrogens with one attached hydrogen (secondary N) is 1. The van der Waals surface area contributed by atoms with Gasteiger partial charge in [-0.25, -0.2) is 0 Å². The summed E-state index contributed by atoms with van der Waals surface area (Å²) in [7, 11) is 0. The molecule has 1 fully saturated rings. The van der Waals surface area contributed by atoms with Gasteiger partial charge in [0.25, 0.3) is 0 Å². The Bertz CT molecular complexity index is 503. The van der Waals surface area contributed by atoms with E-state index in [9.17, 15) is 4.79 Å². The highest BCUT2D eigenvalue weighted by Gasteiger charge is 2.44. The number of hydrogen-bond donors (Lipinski definition) is 2. The predicted octanol–water partition coefficient (Wildman–Crippen LogP) is 3.00. The molecule has 0 saturated heterocycles. The molecule has 3 N–H and O–H groups in total. The number of primary amides is 1. The maximum atomic E-state index is 11.9. The Morgan fingerprint density at radius 3 is 2.81 bits per heavy atom. The molecule has 1 amide bonds. The van der Waals surface area contributed by atoms with Gasteiger partial charge in [0.05, 0.1) is 5.54 Å². The molecule has 1 saturated carbocycles. The Morgan fingerprint density at radius 2 is 2.19 bits per heavy atom. The number of rotatable bonds is 6. The minimum atomic E-state index is -0.502. The van der Waals surface area contributed by atoms with E-state index in [0.717, 1.165) is 25.0 Å². The van der Waals surface area contributed by atoms with E-state index in [1.165, 1.54) is 11.1 Å². The molecule has 4 heteroatoms. The first-order chi connectivity index (χ1) is 9.93. The van der Waals surface area contributed by atoms with Gasteiger partial charge in [0.1, 0.15) is 0 Å². The standard InChI is InChI=1S/C17H26N2OS/c1-12(2)19-17(16(18)20)9-8-15(10-17)21-11-14-7-5-4-6-13(14)3/h4-7,12,15,19H,8-11H2,1-3H3,(H2,18,20). The highest BCUT2D eigenvalue weighted by atomic mass is 32.2. The first-order valence-electron chi connectivity index (χ1n) is 7.67. The smallest absolute Gasteiger partial charge is 0.237 e. The molecule has 2 unspecified atom stereocenters. The molecule has 1 aliphatic rings. The fraction of sp³-hybridized carbons (Fsp3) is 0.588. The molecule has 1 aromatic carbocycles. The fourth-order valence-corrected chi connectivity index (χ4v) is 4.53. The number of benzene rings is 1. The Hall–Kier alpha value is -1.00.